The minimum absolute atomic E-state index is 0.0182. The fraction of sp³-hybridized carbons (Fsp3) is 0.292. The van der Waals surface area contributed by atoms with E-state index in [2.05, 4.69) is 32.6 Å². The van der Waals surface area contributed by atoms with Crippen LogP contribution in [0.2, 0.25) is 0 Å². The van der Waals surface area contributed by atoms with Crippen molar-refractivity contribution in [3.63, 3.8) is 0 Å². The minimum atomic E-state index is -0.0315. The summed E-state index contributed by atoms with van der Waals surface area (Å²) in [4.78, 5) is 33.1. The maximum Gasteiger partial charge on any atom is 0.238 e. The van der Waals surface area contributed by atoms with Gasteiger partial charge in [-0.15, -0.1) is 11.3 Å². The van der Waals surface area contributed by atoms with Crippen molar-refractivity contribution in [2.45, 2.75) is 13.5 Å². The molecule has 0 bridgehead atoms. The van der Waals surface area contributed by atoms with Crippen LogP contribution in [0.25, 0.3) is 10.6 Å². The second kappa shape index (κ2) is 9.96. The van der Waals surface area contributed by atoms with Crippen LogP contribution in [0, 0.1) is 0 Å². The molecule has 2 heterocycles. The molecule has 0 unspecified atom stereocenters. The number of anilines is 1. The summed E-state index contributed by atoms with van der Waals surface area (Å²) in [6.45, 7) is 6.28. The molecule has 4 rings (SSSR count). The zero-order valence-electron chi connectivity index (χ0n) is 17.6. The van der Waals surface area contributed by atoms with Crippen molar-refractivity contribution < 1.29 is 9.59 Å². The van der Waals surface area contributed by atoms with Crippen LogP contribution >= 0.6 is 11.3 Å². The summed E-state index contributed by atoms with van der Waals surface area (Å²) >= 11 is 1.68. The third-order valence-electron chi connectivity index (χ3n) is 5.37. The Morgan fingerprint density at radius 2 is 1.65 bits per heavy atom. The predicted molar refractivity (Wildman–Crippen MR) is 124 cm³/mol. The molecule has 0 saturated carbocycles. The van der Waals surface area contributed by atoms with Gasteiger partial charge >= 0.3 is 0 Å². The highest BCUT2D eigenvalue weighted by atomic mass is 32.1. The van der Waals surface area contributed by atoms with Crippen LogP contribution in [0.1, 0.15) is 23.0 Å². The molecule has 0 spiro atoms. The fourth-order valence-electron chi connectivity index (χ4n) is 3.62. The van der Waals surface area contributed by atoms with Gasteiger partial charge in [0.25, 0.3) is 0 Å². The third kappa shape index (κ3) is 5.85. The van der Waals surface area contributed by atoms with Crippen molar-refractivity contribution in [2.75, 3.05) is 38.0 Å². The number of piperazine rings is 1. The molecule has 3 aromatic rings. The van der Waals surface area contributed by atoms with E-state index in [1.54, 1.807) is 35.6 Å². The molecule has 0 aliphatic carbocycles. The fourth-order valence-corrected chi connectivity index (χ4v) is 4.44. The highest BCUT2D eigenvalue weighted by Gasteiger charge is 2.20. The molecule has 2 aromatic carbocycles. The number of aromatic nitrogens is 1. The Morgan fingerprint density at radius 3 is 2.32 bits per heavy atom. The molecular formula is C24H26N4O2S. The quantitative estimate of drug-likeness (QED) is 0.574. The van der Waals surface area contributed by atoms with Gasteiger partial charge in [-0.25, -0.2) is 4.98 Å². The van der Waals surface area contributed by atoms with E-state index in [1.165, 1.54) is 6.92 Å². The number of rotatable bonds is 7. The highest BCUT2D eigenvalue weighted by molar-refractivity contribution is 7.13. The highest BCUT2D eigenvalue weighted by Crippen LogP contribution is 2.24. The first-order chi connectivity index (χ1) is 15.1. The summed E-state index contributed by atoms with van der Waals surface area (Å²) in [7, 11) is 0. The van der Waals surface area contributed by atoms with E-state index in [1.807, 2.05) is 18.2 Å². The number of nitrogens with zero attached hydrogens (tertiary/aromatic N) is 3. The van der Waals surface area contributed by atoms with Gasteiger partial charge in [-0.1, -0.05) is 30.3 Å². The normalized spacial score (nSPS) is 15.0. The molecule has 31 heavy (non-hydrogen) atoms. The molecule has 0 radical (unpaired) electrons. The monoisotopic (exact) mass is 434 g/mol. The van der Waals surface area contributed by atoms with Crippen LogP contribution < -0.4 is 5.32 Å². The van der Waals surface area contributed by atoms with Crippen molar-refractivity contribution >= 4 is 28.7 Å². The summed E-state index contributed by atoms with van der Waals surface area (Å²) in [6.07, 6.45) is 0. The van der Waals surface area contributed by atoms with Gasteiger partial charge in [-0.05, 0) is 31.2 Å². The van der Waals surface area contributed by atoms with Crippen molar-refractivity contribution in [3.8, 4) is 10.6 Å². The number of Topliss-reactive ketones (excluding diaryl/α,β-unsaturated/α-hetero) is 1. The van der Waals surface area contributed by atoms with Gasteiger partial charge in [0, 0.05) is 54.9 Å². The second-order valence-electron chi connectivity index (χ2n) is 7.74. The standard InChI is InChI=1S/C24H26N4O2S/c1-18(29)19-7-9-21(10-8-19)25-23(30)16-28-13-11-27(12-14-28)15-22-17-31-24(26-22)20-5-3-2-4-6-20/h2-10,17H,11-16H2,1H3,(H,25,30). The summed E-state index contributed by atoms with van der Waals surface area (Å²) in [5.41, 5.74) is 3.62. The lowest BCUT2D eigenvalue weighted by molar-refractivity contribution is -0.117. The Kier molecular flexibility index (Phi) is 6.86. The largest absolute Gasteiger partial charge is 0.325 e. The van der Waals surface area contributed by atoms with Gasteiger partial charge in [-0.2, -0.15) is 0 Å². The molecule has 7 heteroatoms. The van der Waals surface area contributed by atoms with Crippen molar-refractivity contribution in [1.29, 1.82) is 0 Å². The predicted octanol–water partition coefficient (Wildman–Crippen LogP) is 3.77. The number of thiazole rings is 1. The molecule has 160 valence electrons. The maximum atomic E-state index is 12.4. The Bertz CT molecular complexity index is 1030. The molecule has 1 N–H and O–H groups in total. The average Bonchev–Trinajstić information content (AvgIpc) is 3.24. The first-order valence-electron chi connectivity index (χ1n) is 10.4. The van der Waals surface area contributed by atoms with Crippen LogP contribution in [0.5, 0.6) is 0 Å². The first kappa shape index (κ1) is 21.4. The molecule has 1 amide bonds. The van der Waals surface area contributed by atoms with E-state index in [9.17, 15) is 9.59 Å². The molecule has 1 fully saturated rings. The Labute approximate surface area is 186 Å². The summed E-state index contributed by atoms with van der Waals surface area (Å²) in [5, 5.41) is 6.11. The van der Waals surface area contributed by atoms with Crippen molar-refractivity contribution in [2.24, 2.45) is 0 Å². The number of hydrogen-bond donors (Lipinski definition) is 1. The smallest absolute Gasteiger partial charge is 0.238 e. The SMILES string of the molecule is CC(=O)c1ccc(NC(=O)CN2CCN(Cc3csc(-c4ccccc4)n3)CC2)cc1. The number of ketones is 1. The van der Waals surface area contributed by atoms with Crippen LogP contribution in [-0.2, 0) is 11.3 Å². The Hall–Kier alpha value is -2.87. The zero-order valence-corrected chi connectivity index (χ0v) is 18.4. The minimum Gasteiger partial charge on any atom is -0.325 e. The number of hydrogen-bond acceptors (Lipinski definition) is 6. The molecular weight excluding hydrogens is 408 g/mol. The molecule has 0 atom stereocenters. The van der Waals surface area contributed by atoms with Crippen molar-refractivity contribution in [1.82, 2.24) is 14.8 Å². The van der Waals surface area contributed by atoms with E-state index in [-0.39, 0.29) is 11.7 Å². The van der Waals surface area contributed by atoms with Crippen molar-refractivity contribution in [3.05, 3.63) is 71.2 Å². The van der Waals surface area contributed by atoms with Gasteiger partial charge in [0.15, 0.2) is 5.78 Å². The number of carbonyl (C=O) groups is 2. The second-order valence-corrected chi connectivity index (χ2v) is 8.60. The van der Waals surface area contributed by atoms with Gasteiger partial charge in [0.05, 0.1) is 12.2 Å². The van der Waals surface area contributed by atoms with Gasteiger partial charge in [0.1, 0.15) is 5.01 Å². The zero-order chi connectivity index (χ0) is 21.6. The third-order valence-corrected chi connectivity index (χ3v) is 6.31. The van der Waals surface area contributed by atoms with Crippen LogP contribution in [-0.4, -0.2) is 59.2 Å². The average molecular weight is 435 g/mol. The topological polar surface area (TPSA) is 65.5 Å². The number of benzene rings is 2. The lowest BCUT2D eigenvalue weighted by atomic mass is 10.1. The lowest BCUT2D eigenvalue weighted by Gasteiger charge is -2.33. The van der Waals surface area contributed by atoms with Gasteiger partial charge in [0.2, 0.25) is 5.91 Å². The van der Waals surface area contributed by atoms with E-state index < -0.39 is 0 Å². The van der Waals surface area contributed by atoms with E-state index in [0.717, 1.165) is 49.0 Å². The van der Waals surface area contributed by atoms with E-state index in [4.69, 9.17) is 4.98 Å². The summed E-state index contributed by atoms with van der Waals surface area (Å²) in [5.74, 6) is -0.0132. The molecule has 1 aliphatic heterocycles. The number of nitrogens with one attached hydrogen (secondary N) is 1. The first-order valence-corrected chi connectivity index (χ1v) is 11.3. The molecule has 1 aliphatic rings. The van der Waals surface area contributed by atoms with Crippen LogP contribution in [0.15, 0.2) is 60.0 Å². The number of carbonyl (C=O) groups excluding carboxylic acids is 2. The van der Waals surface area contributed by atoms with Gasteiger partial charge in [-0.3, -0.25) is 19.4 Å². The molecule has 1 aromatic heterocycles. The lowest BCUT2D eigenvalue weighted by Crippen LogP contribution is -2.48. The van der Waals surface area contributed by atoms with E-state index >= 15 is 0 Å². The van der Waals surface area contributed by atoms with Gasteiger partial charge < -0.3 is 5.32 Å². The molecule has 6 nitrogen and oxygen atoms in total. The van der Waals surface area contributed by atoms with E-state index in [0.29, 0.717) is 17.8 Å². The Morgan fingerprint density at radius 1 is 0.968 bits per heavy atom. The summed E-state index contributed by atoms with van der Waals surface area (Å²) in [6, 6.07) is 17.3. The van der Waals surface area contributed by atoms with Crippen LogP contribution in [0.3, 0.4) is 0 Å². The maximum absolute atomic E-state index is 12.4. The summed E-state index contributed by atoms with van der Waals surface area (Å²) < 4.78 is 0. The number of amides is 1. The Balaban J connectivity index is 1.22. The molecule has 1 saturated heterocycles. The van der Waals surface area contributed by atoms with Crippen LogP contribution in [0.4, 0.5) is 5.69 Å².